The number of piperidine rings is 2. The summed E-state index contributed by atoms with van der Waals surface area (Å²) in [5, 5.41) is 4.74. The fourth-order valence-corrected chi connectivity index (χ4v) is 6.48. The van der Waals surface area contributed by atoms with Gasteiger partial charge in [-0.3, -0.25) is 0 Å². The molecule has 2 aliphatic rings. The van der Waals surface area contributed by atoms with Crippen molar-refractivity contribution in [1.82, 2.24) is 0 Å². The van der Waals surface area contributed by atoms with Crippen LogP contribution in [0.3, 0.4) is 0 Å². The van der Waals surface area contributed by atoms with Crippen LogP contribution in [0.1, 0.15) is 60.8 Å². The van der Waals surface area contributed by atoms with Crippen molar-refractivity contribution in [1.29, 1.82) is 0 Å². The molecule has 0 radical (unpaired) electrons. The van der Waals surface area contributed by atoms with Gasteiger partial charge in [0.25, 0.3) is 0 Å². The van der Waals surface area contributed by atoms with Crippen molar-refractivity contribution in [2.75, 3.05) is 36.0 Å². The molecule has 0 bridgehead atoms. The molecule has 2 heteroatoms. The van der Waals surface area contributed by atoms with E-state index in [-0.39, 0.29) is 0 Å². The first kappa shape index (κ1) is 26.3. The van der Waals surface area contributed by atoms with E-state index in [1.807, 2.05) is 12.1 Å². The van der Waals surface area contributed by atoms with Crippen LogP contribution in [0.25, 0.3) is 21.5 Å². The van der Waals surface area contributed by atoms with E-state index in [4.69, 9.17) is 0 Å². The van der Waals surface area contributed by atoms with E-state index in [2.05, 4.69) is 118 Å². The molecule has 206 valence electrons. The average molecular weight is 545 g/mol. The molecule has 5 aromatic rings. The molecular weight excluding hydrogens is 508 g/mol. The Kier molecular flexibility index (Phi) is 7.54. The van der Waals surface area contributed by atoms with Gasteiger partial charge in [-0.25, -0.2) is 0 Å². The molecule has 0 atom stereocenters. The van der Waals surface area contributed by atoms with Crippen LogP contribution in [0.5, 0.6) is 0 Å². The highest BCUT2D eigenvalue weighted by atomic mass is 15.1. The summed E-state index contributed by atoms with van der Waals surface area (Å²) in [5.74, 6) is 14.3. The minimum Gasteiger partial charge on any atom is -0.372 e. The highest BCUT2D eigenvalue weighted by Crippen LogP contribution is 2.37. The van der Waals surface area contributed by atoms with Gasteiger partial charge in [-0.1, -0.05) is 72.2 Å². The third kappa shape index (κ3) is 5.46. The third-order valence-corrected chi connectivity index (χ3v) is 8.74. The van der Waals surface area contributed by atoms with Crippen LogP contribution in [0.15, 0.2) is 97.1 Å². The SMILES string of the molecule is C(#Cc1c2ccc(N3CCCCC3)cc2c(C#Cc2ccccc2)c2ccc(N3CCCCC3)cc12)c1ccccc1. The molecule has 0 N–H and O–H groups in total. The molecule has 2 heterocycles. The lowest BCUT2D eigenvalue weighted by molar-refractivity contribution is 0.578. The Bertz CT molecular complexity index is 1700. The normalized spacial score (nSPS) is 15.1. The Morgan fingerprint density at radius 2 is 0.786 bits per heavy atom. The number of benzene rings is 5. The molecule has 2 nitrogen and oxygen atoms in total. The minimum absolute atomic E-state index is 1.03. The van der Waals surface area contributed by atoms with Crippen molar-refractivity contribution in [3.63, 3.8) is 0 Å². The van der Waals surface area contributed by atoms with Gasteiger partial charge in [-0.2, -0.15) is 0 Å². The van der Waals surface area contributed by atoms with E-state index in [0.717, 1.165) is 48.4 Å². The van der Waals surface area contributed by atoms with E-state index in [0.29, 0.717) is 0 Å². The minimum atomic E-state index is 1.03. The van der Waals surface area contributed by atoms with E-state index in [1.165, 1.54) is 71.4 Å². The number of nitrogens with zero attached hydrogens (tertiary/aromatic N) is 2. The van der Waals surface area contributed by atoms with Crippen LogP contribution in [0, 0.1) is 23.7 Å². The van der Waals surface area contributed by atoms with Crippen LogP contribution in [0.2, 0.25) is 0 Å². The quantitative estimate of drug-likeness (QED) is 0.162. The van der Waals surface area contributed by atoms with Gasteiger partial charge in [0, 0.05) is 70.6 Å². The summed E-state index contributed by atoms with van der Waals surface area (Å²) in [4.78, 5) is 5.08. The predicted molar refractivity (Wildman–Crippen MR) is 178 cm³/mol. The van der Waals surface area contributed by atoms with Crippen LogP contribution in [-0.4, -0.2) is 26.2 Å². The number of hydrogen-bond acceptors (Lipinski definition) is 2. The Balaban J connectivity index is 1.49. The smallest absolute Gasteiger partial charge is 0.0407 e. The second-order valence-electron chi connectivity index (χ2n) is 11.5. The zero-order valence-electron chi connectivity index (χ0n) is 24.2. The summed E-state index contributed by atoms with van der Waals surface area (Å²) in [7, 11) is 0. The van der Waals surface area contributed by atoms with Crippen molar-refractivity contribution >= 4 is 32.9 Å². The van der Waals surface area contributed by atoms with Gasteiger partial charge in [-0.05, 0) is 97.8 Å². The monoisotopic (exact) mass is 544 g/mol. The van der Waals surface area contributed by atoms with Crippen molar-refractivity contribution in [2.45, 2.75) is 38.5 Å². The second kappa shape index (κ2) is 12.1. The van der Waals surface area contributed by atoms with E-state index >= 15 is 0 Å². The molecule has 0 aliphatic carbocycles. The second-order valence-corrected chi connectivity index (χ2v) is 11.5. The van der Waals surface area contributed by atoms with Crippen LogP contribution >= 0.6 is 0 Å². The maximum absolute atomic E-state index is 3.65. The lowest BCUT2D eigenvalue weighted by atomic mass is 9.90. The fraction of sp³-hybridized carbons (Fsp3) is 0.250. The maximum atomic E-state index is 3.65. The van der Waals surface area contributed by atoms with Crippen molar-refractivity contribution in [2.24, 2.45) is 0 Å². The Hall–Kier alpha value is -4.66. The van der Waals surface area contributed by atoms with Gasteiger partial charge >= 0.3 is 0 Å². The topological polar surface area (TPSA) is 6.48 Å². The Labute approximate surface area is 250 Å². The molecule has 0 aromatic heterocycles. The third-order valence-electron chi connectivity index (χ3n) is 8.74. The van der Waals surface area contributed by atoms with Crippen LogP contribution in [-0.2, 0) is 0 Å². The predicted octanol–water partition coefficient (Wildman–Crippen LogP) is 8.77. The van der Waals surface area contributed by atoms with E-state index < -0.39 is 0 Å². The van der Waals surface area contributed by atoms with Crippen LogP contribution in [0.4, 0.5) is 11.4 Å². The van der Waals surface area contributed by atoms with Crippen molar-refractivity contribution in [3.8, 4) is 23.7 Å². The zero-order valence-corrected chi connectivity index (χ0v) is 24.2. The Morgan fingerprint density at radius 1 is 0.381 bits per heavy atom. The first-order valence-corrected chi connectivity index (χ1v) is 15.5. The van der Waals surface area contributed by atoms with E-state index in [1.54, 1.807) is 0 Å². The summed E-state index contributed by atoms with van der Waals surface area (Å²) in [6.07, 6.45) is 7.65. The highest BCUT2D eigenvalue weighted by Gasteiger charge is 2.18. The molecule has 5 aromatic carbocycles. The molecule has 42 heavy (non-hydrogen) atoms. The van der Waals surface area contributed by atoms with Gasteiger partial charge < -0.3 is 9.80 Å². The lowest BCUT2D eigenvalue weighted by Crippen LogP contribution is -2.29. The molecule has 0 saturated carbocycles. The summed E-state index contributed by atoms with van der Waals surface area (Å²) >= 11 is 0. The van der Waals surface area contributed by atoms with Crippen molar-refractivity contribution in [3.05, 3.63) is 119 Å². The zero-order chi connectivity index (χ0) is 28.1. The average Bonchev–Trinajstić information content (AvgIpc) is 3.07. The molecule has 2 aliphatic heterocycles. The molecule has 0 spiro atoms. The molecule has 0 amide bonds. The maximum Gasteiger partial charge on any atom is 0.0407 e. The van der Waals surface area contributed by atoms with Gasteiger partial charge in [-0.15, -0.1) is 0 Å². The number of hydrogen-bond donors (Lipinski definition) is 0. The lowest BCUT2D eigenvalue weighted by Gasteiger charge is -2.30. The summed E-state index contributed by atoms with van der Waals surface area (Å²) in [6.45, 7) is 4.46. The molecule has 7 rings (SSSR count). The van der Waals surface area contributed by atoms with Crippen molar-refractivity contribution < 1.29 is 0 Å². The van der Waals surface area contributed by atoms with Gasteiger partial charge in [0.1, 0.15) is 0 Å². The molecule has 2 saturated heterocycles. The summed E-state index contributed by atoms with van der Waals surface area (Å²) < 4.78 is 0. The largest absolute Gasteiger partial charge is 0.372 e. The summed E-state index contributed by atoms with van der Waals surface area (Å²) in [5.41, 5.74) is 6.83. The van der Waals surface area contributed by atoms with Crippen LogP contribution < -0.4 is 9.80 Å². The van der Waals surface area contributed by atoms with Gasteiger partial charge in [0.05, 0.1) is 0 Å². The first-order chi connectivity index (χ1) is 20.8. The standard InChI is InChI=1S/C40H36N2/c1-5-13-31(14-6-1)17-21-35-37-23-19-34(42-27-11-4-12-28-42)30-40(37)36(22-18-32-15-7-2-8-16-32)38-24-20-33(29-39(35)38)41-25-9-3-10-26-41/h1-2,5-8,13-16,19-20,23-24,29-30H,3-4,9-12,25-28H2. The molecular formula is C40H36N2. The van der Waals surface area contributed by atoms with Gasteiger partial charge in [0.2, 0.25) is 0 Å². The number of anilines is 2. The first-order valence-electron chi connectivity index (χ1n) is 15.5. The highest BCUT2D eigenvalue weighted by molar-refractivity contribution is 6.11. The van der Waals surface area contributed by atoms with E-state index in [9.17, 15) is 0 Å². The number of rotatable bonds is 2. The summed E-state index contributed by atoms with van der Waals surface area (Å²) in [6, 6.07) is 34.6. The number of fused-ring (bicyclic) bond motifs is 2. The fourth-order valence-electron chi connectivity index (χ4n) is 6.48. The molecule has 2 fully saturated rings. The van der Waals surface area contributed by atoms with Gasteiger partial charge in [0.15, 0.2) is 0 Å². The molecule has 0 unspecified atom stereocenters. The Morgan fingerprint density at radius 3 is 1.19 bits per heavy atom.